The Morgan fingerprint density at radius 1 is 1.18 bits per heavy atom. The second kappa shape index (κ2) is 6.27. The first-order valence-corrected chi connectivity index (χ1v) is 5.38. The van der Waals surface area contributed by atoms with E-state index in [1.807, 2.05) is 0 Å². The summed E-state index contributed by atoms with van der Waals surface area (Å²) in [6.07, 6.45) is -11.5. The molecule has 0 fully saturated rings. The predicted octanol–water partition coefficient (Wildman–Crippen LogP) is 2.99. The summed E-state index contributed by atoms with van der Waals surface area (Å²) in [6, 6.07) is -1.68. The summed E-state index contributed by atoms with van der Waals surface area (Å²) in [5.74, 6) is 0. The molecule has 0 atom stereocenters. The van der Waals surface area contributed by atoms with Crippen molar-refractivity contribution in [3.8, 4) is 0 Å². The molecule has 0 bridgehead atoms. The van der Waals surface area contributed by atoms with Crippen molar-refractivity contribution < 1.29 is 36.3 Å². The molecule has 124 valence electrons. The zero-order chi connectivity index (χ0) is 17.1. The van der Waals surface area contributed by atoms with Crippen LogP contribution in [0.2, 0.25) is 0 Å². The Morgan fingerprint density at radius 3 is 2.18 bits per heavy atom. The number of hydrogen-bond acceptors (Lipinski definition) is 4. The van der Waals surface area contributed by atoms with E-state index in [9.17, 15) is 36.3 Å². The minimum atomic E-state index is -5.73. The number of alkyl halides is 6. The Hall–Kier alpha value is -2.21. The third-order valence-electron chi connectivity index (χ3n) is 2.25. The zero-order valence-electron chi connectivity index (χ0n) is 10.4. The molecule has 0 aliphatic rings. The number of halogens is 6. The topological polar surface area (TPSA) is 87.7 Å². The van der Waals surface area contributed by atoms with E-state index in [-0.39, 0.29) is 11.4 Å². The third-order valence-corrected chi connectivity index (χ3v) is 2.25. The predicted molar refractivity (Wildman–Crippen MR) is 62.1 cm³/mol. The highest BCUT2D eigenvalue weighted by Gasteiger charge is 2.57. The SMILES string of the molecule is O=C(Nc1cccc(N([O-])O)c1)NC(C(F)(F)F)C(F)(F)F. The molecule has 6 nitrogen and oxygen atoms in total. The first-order valence-electron chi connectivity index (χ1n) is 5.38. The summed E-state index contributed by atoms with van der Waals surface area (Å²) < 4.78 is 73.4. The van der Waals surface area contributed by atoms with Gasteiger partial charge in [0.15, 0.2) is 0 Å². The molecule has 0 saturated heterocycles. The average molecular weight is 332 g/mol. The first-order chi connectivity index (χ1) is 9.91. The number of nitrogens with zero attached hydrogens (tertiary/aromatic N) is 1. The van der Waals surface area contributed by atoms with Crippen molar-refractivity contribution in [3.63, 3.8) is 0 Å². The molecule has 0 saturated carbocycles. The van der Waals surface area contributed by atoms with E-state index in [2.05, 4.69) is 0 Å². The number of nitrogens with one attached hydrogen (secondary N) is 2. The van der Waals surface area contributed by atoms with Gasteiger partial charge < -0.3 is 21.1 Å². The van der Waals surface area contributed by atoms with E-state index in [4.69, 9.17) is 5.21 Å². The number of hydrogen-bond donors (Lipinski definition) is 3. The summed E-state index contributed by atoms with van der Waals surface area (Å²) in [4.78, 5) is 11.2. The lowest BCUT2D eigenvalue weighted by Crippen LogP contribution is -2.55. The van der Waals surface area contributed by atoms with E-state index >= 15 is 0 Å². The van der Waals surface area contributed by atoms with Crippen molar-refractivity contribution in [1.29, 1.82) is 0 Å². The monoisotopic (exact) mass is 332 g/mol. The highest BCUT2D eigenvalue weighted by atomic mass is 19.4. The van der Waals surface area contributed by atoms with Gasteiger partial charge in [-0.15, -0.1) is 0 Å². The van der Waals surface area contributed by atoms with Crippen molar-refractivity contribution in [1.82, 2.24) is 5.32 Å². The van der Waals surface area contributed by atoms with Gasteiger partial charge >= 0.3 is 18.4 Å². The lowest BCUT2D eigenvalue weighted by molar-refractivity contribution is -0.255. The van der Waals surface area contributed by atoms with Crippen LogP contribution in [0.4, 0.5) is 42.5 Å². The van der Waals surface area contributed by atoms with E-state index in [1.165, 1.54) is 0 Å². The Morgan fingerprint density at radius 2 is 1.73 bits per heavy atom. The summed E-state index contributed by atoms with van der Waals surface area (Å²) in [5, 5.41) is 21.0. The van der Waals surface area contributed by atoms with Crippen molar-refractivity contribution >= 4 is 17.4 Å². The molecule has 0 aliphatic heterocycles. The number of carbonyl (C=O) groups is 1. The van der Waals surface area contributed by atoms with Gasteiger partial charge in [0.25, 0.3) is 0 Å². The Labute approximate surface area is 118 Å². The van der Waals surface area contributed by atoms with Crippen LogP contribution in [0.5, 0.6) is 0 Å². The molecule has 2 amide bonds. The number of urea groups is 1. The van der Waals surface area contributed by atoms with Crippen molar-refractivity contribution in [2.24, 2.45) is 0 Å². The van der Waals surface area contributed by atoms with Gasteiger partial charge in [0.2, 0.25) is 6.04 Å². The van der Waals surface area contributed by atoms with Crippen LogP contribution in [0.3, 0.4) is 0 Å². The number of benzene rings is 1. The van der Waals surface area contributed by atoms with Gasteiger partial charge in [0, 0.05) is 5.69 Å². The fraction of sp³-hybridized carbons (Fsp3) is 0.300. The van der Waals surface area contributed by atoms with Gasteiger partial charge in [0.1, 0.15) is 0 Å². The largest absolute Gasteiger partial charge is 0.733 e. The number of rotatable bonds is 3. The molecular weight excluding hydrogens is 324 g/mol. The summed E-state index contributed by atoms with van der Waals surface area (Å²) in [6.45, 7) is 0. The van der Waals surface area contributed by atoms with Crippen LogP contribution in [-0.2, 0) is 0 Å². The molecule has 0 heterocycles. The molecule has 3 N–H and O–H groups in total. The minimum Gasteiger partial charge on any atom is -0.733 e. The van der Waals surface area contributed by atoms with Gasteiger partial charge in [-0.1, -0.05) is 6.07 Å². The summed E-state index contributed by atoms with van der Waals surface area (Å²) >= 11 is 0. The second-order valence-electron chi connectivity index (χ2n) is 3.94. The molecule has 0 aliphatic carbocycles. The molecule has 1 aromatic rings. The first kappa shape index (κ1) is 17.8. The van der Waals surface area contributed by atoms with Crippen LogP contribution in [0.1, 0.15) is 0 Å². The molecule has 1 rings (SSSR count). The van der Waals surface area contributed by atoms with Gasteiger partial charge in [-0.3, -0.25) is 5.21 Å². The molecule has 12 heteroatoms. The second-order valence-corrected chi connectivity index (χ2v) is 3.94. The zero-order valence-corrected chi connectivity index (χ0v) is 10.4. The fourth-order valence-electron chi connectivity index (χ4n) is 1.35. The van der Waals surface area contributed by atoms with Gasteiger partial charge in [0.05, 0.1) is 5.69 Å². The van der Waals surface area contributed by atoms with Crippen LogP contribution < -0.4 is 15.9 Å². The Bertz CT molecular complexity index is 517. The summed E-state index contributed by atoms with van der Waals surface area (Å²) in [7, 11) is 0. The quantitative estimate of drug-likeness (QED) is 0.586. The van der Waals surface area contributed by atoms with Crippen LogP contribution >= 0.6 is 0 Å². The van der Waals surface area contributed by atoms with Crippen molar-refractivity contribution in [2.75, 3.05) is 10.5 Å². The molecule has 22 heavy (non-hydrogen) atoms. The molecule has 0 aromatic heterocycles. The lowest BCUT2D eigenvalue weighted by atomic mass is 10.2. The van der Waals surface area contributed by atoms with Crippen LogP contribution in [-0.4, -0.2) is 29.6 Å². The standard InChI is InChI=1S/C10H8F6N3O3/c11-9(12,13)7(10(14,15)16)18-8(20)17-5-2-1-3-6(4-5)19(21)22/h1-4,7,21H,(H2,17,18,20)/q-1. The van der Waals surface area contributed by atoms with Gasteiger partial charge in [-0.05, 0) is 18.2 Å². The maximum absolute atomic E-state index is 12.2. The lowest BCUT2D eigenvalue weighted by Gasteiger charge is -2.24. The van der Waals surface area contributed by atoms with Crippen molar-refractivity contribution in [3.05, 3.63) is 29.5 Å². The molecule has 0 spiro atoms. The van der Waals surface area contributed by atoms with Crippen LogP contribution in [0.25, 0.3) is 0 Å². The minimum absolute atomic E-state index is 0.298. The summed E-state index contributed by atoms with van der Waals surface area (Å²) in [5.41, 5.74) is -0.686. The number of amides is 2. The van der Waals surface area contributed by atoms with Gasteiger partial charge in [-0.2, -0.15) is 26.3 Å². The Balaban J connectivity index is 2.83. The number of anilines is 2. The molecule has 1 aromatic carbocycles. The molecular formula is C10H8F6N3O3-. The maximum Gasteiger partial charge on any atom is 0.417 e. The number of carbonyl (C=O) groups excluding carboxylic acids is 1. The van der Waals surface area contributed by atoms with Gasteiger partial charge in [-0.25, -0.2) is 4.79 Å². The average Bonchev–Trinajstić information content (AvgIpc) is 2.33. The van der Waals surface area contributed by atoms with Crippen molar-refractivity contribution in [2.45, 2.75) is 18.4 Å². The molecule has 0 radical (unpaired) electrons. The smallest absolute Gasteiger partial charge is 0.417 e. The van der Waals surface area contributed by atoms with E-state index < -0.39 is 29.7 Å². The van der Waals surface area contributed by atoms with E-state index in [1.54, 1.807) is 5.32 Å². The fourth-order valence-corrected chi connectivity index (χ4v) is 1.35. The maximum atomic E-state index is 12.2. The van der Waals surface area contributed by atoms with Crippen LogP contribution in [0.15, 0.2) is 24.3 Å². The van der Waals surface area contributed by atoms with E-state index in [0.717, 1.165) is 29.6 Å². The van der Waals surface area contributed by atoms with E-state index in [0.29, 0.717) is 0 Å². The molecule has 0 unspecified atom stereocenters. The normalized spacial score (nSPS) is 12.2. The Kier molecular flexibility index (Phi) is 5.09. The van der Waals surface area contributed by atoms with Crippen LogP contribution in [0, 0.1) is 5.21 Å². The third kappa shape index (κ3) is 4.96. The highest BCUT2D eigenvalue weighted by molar-refractivity contribution is 5.90. The highest BCUT2D eigenvalue weighted by Crippen LogP contribution is 2.33.